The molecular formula is C18H24N4O. The van der Waals surface area contributed by atoms with Crippen molar-refractivity contribution in [3.05, 3.63) is 47.1 Å². The summed E-state index contributed by atoms with van der Waals surface area (Å²) >= 11 is 0. The van der Waals surface area contributed by atoms with Crippen LogP contribution in [0.5, 0.6) is 0 Å². The van der Waals surface area contributed by atoms with Gasteiger partial charge in [0.15, 0.2) is 5.82 Å². The van der Waals surface area contributed by atoms with E-state index < -0.39 is 0 Å². The van der Waals surface area contributed by atoms with E-state index in [2.05, 4.69) is 51.5 Å². The molecule has 5 heteroatoms. The fourth-order valence-electron chi connectivity index (χ4n) is 3.25. The van der Waals surface area contributed by atoms with Gasteiger partial charge in [-0.3, -0.25) is 4.90 Å². The van der Waals surface area contributed by atoms with Crippen LogP contribution in [-0.2, 0) is 13.0 Å². The average Bonchev–Trinajstić information content (AvgIpc) is 3.35. The average molecular weight is 312 g/mol. The molecule has 122 valence electrons. The Bertz CT molecular complexity index is 647. The Morgan fingerprint density at radius 2 is 2.09 bits per heavy atom. The standard InChI is InChI=1S/C18H24N4O/c1-2-13-3-5-14(6-4-13)16-11-19-9-10-22(16)12-17-20-18(21-23-17)15-7-8-15/h3-6,15-16,19H,2,7-12H2,1H3. The van der Waals surface area contributed by atoms with Crippen LogP contribution in [0, 0.1) is 0 Å². The number of hydrogen-bond donors (Lipinski definition) is 1. The molecular weight excluding hydrogens is 288 g/mol. The van der Waals surface area contributed by atoms with Crippen LogP contribution >= 0.6 is 0 Å². The Hall–Kier alpha value is -1.72. The SMILES string of the molecule is CCc1ccc(C2CNCCN2Cc2nc(C3CC3)no2)cc1. The predicted molar refractivity (Wildman–Crippen MR) is 88.1 cm³/mol. The molecule has 4 rings (SSSR count). The minimum absolute atomic E-state index is 0.367. The molecule has 2 aromatic rings. The molecule has 5 nitrogen and oxygen atoms in total. The van der Waals surface area contributed by atoms with Gasteiger partial charge in [0, 0.05) is 31.6 Å². The van der Waals surface area contributed by atoms with E-state index in [0.717, 1.165) is 44.3 Å². The van der Waals surface area contributed by atoms with Gasteiger partial charge in [0.25, 0.3) is 0 Å². The summed E-state index contributed by atoms with van der Waals surface area (Å²) in [7, 11) is 0. The first-order valence-electron chi connectivity index (χ1n) is 8.69. The minimum atomic E-state index is 0.367. The number of benzene rings is 1. The Morgan fingerprint density at radius 3 is 2.83 bits per heavy atom. The van der Waals surface area contributed by atoms with E-state index >= 15 is 0 Å². The second-order valence-corrected chi connectivity index (χ2v) is 6.61. The monoisotopic (exact) mass is 312 g/mol. The molecule has 0 amide bonds. The van der Waals surface area contributed by atoms with Crippen LogP contribution < -0.4 is 5.32 Å². The molecule has 0 radical (unpaired) electrons. The topological polar surface area (TPSA) is 54.2 Å². The van der Waals surface area contributed by atoms with Crippen molar-refractivity contribution in [3.63, 3.8) is 0 Å². The summed E-state index contributed by atoms with van der Waals surface area (Å²) in [5.41, 5.74) is 2.74. The van der Waals surface area contributed by atoms with Crippen LogP contribution in [0.1, 0.15) is 54.6 Å². The molecule has 1 aromatic heterocycles. The van der Waals surface area contributed by atoms with Gasteiger partial charge in [-0.25, -0.2) is 0 Å². The van der Waals surface area contributed by atoms with Gasteiger partial charge in [0.05, 0.1) is 6.54 Å². The summed E-state index contributed by atoms with van der Waals surface area (Å²) in [6.07, 6.45) is 3.50. The lowest BCUT2D eigenvalue weighted by Crippen LogP contribution is -2.45. The van der Waals surface area contributed by atoms with Crippen molar-refractivity contribution in [2.45, 2.75) is 44.7 Å². The smallest absolute Gasteiger partial charge is 0.240 e. The molecule has 1 aromatic carbocycles. The van der Waals surface area contributed by atoms with Crippen molar-refractivity contribution in [2.24, 2.45) is 0 Å². The molecule has 0 spiro atoms. The maximum absolute atomic E-state index is 5.47. The highest BCUT2D eigenvalue weighted by Crippen LogP contribution is 2.38. The van der Waals surface area contributed by atoms with Crippen molar-refractivity contribution in [3.8, 4) is 0 Å². The van der Waals surface area contributed by atoms with Gasteiger partial charge in [0.1, 0.15) is 0 Å². The Balaban J connectivity index is 1.49. The summed E-state index contributed by atoms with van der Waals surface area (Å²) in [4.78, 5) is 7.03. The highest BCUT2D eigenvalue weighted by Gasteiger charge is 2.30. The lowest BCUT2D eigenvalue weighted by atomic mass is 10.0. The Kier molecular flexibility index (Phi) is 4.14. The van der Waals surface area contributed by atoms with Crippen LogP contribution in [0.15, 0.2) is 28.8 Å². The number of rotatable bonds is 5. The fourth-order valence-corrected chi connectivity index (χ4v) is 3.25. The number of hydrogen-bond acceptors (Lipinski definition) is 5. The lowest BCUT2D eigenvalue weighted by Gasteiger charge is -2.35. The molecule has 2 fully saturated rings. The zero-order valence-electron chi connectivity index (χ0n) is 13.7. The van der Waals surface area contributed by atoms with E-state index in [1.165, 1.54) is 24.0 Å². The molecule has 1 aliphatic carbocycles. The fraction of sp³-hybridized carbons (Fsp3) is 0.556. The summed E-state index contributed by atoms with van der Waals surface area (Å²) in [5.74, 6) is 2.20. The van der Waals surface area contributed by atoms with E-state index in [-0.39, 0.29) is 0 Å². The molecule has 2 heterocycles. The molecule has 1 saturated carbocycles. The van der Waals surface area contributed by atoms with Crippen LogP contribution in [0.25, 0.3) is 0 Å². The van der Waals surface area contributed by atoms with Crippen LogP contribution in [0.3, 0.4) is 0 Å². The first-order valence-corrected chi connectivity index (χ1v) is 8.69. The van der Waals surface area contributed by atoms with Gasteiger partial charge in [-0.15, -0.1) is 0 Å². The van der Waals surface area contributed by atoms with Gasteiger partial charge in [-0.1, -0.05) is 36.3 Å². The quantitative estimate of drug-likeness (QED) is 0.920. The molecule has 0 bridgehead atoms. The second kappa shape index (κ2) is 6.42. The number of piperazine rings is 1. The van der Waals surface area contributed by atoms with Crippen LogP contribution in [0.4, 0.5) is 0 Å². The van der Waals surface area contributed by atoms with Crippen molar-refractivity contribution in [2.75, 3.05) is 19.6 Å². The maximum Gasteiger partial charge on any atom is 0.240 e. The van der Waals surface area contributed by atoms with Gasteiger partial charge in [-0.2, -0.15) is 4.98 Å². The second-order valence-electron chi connectivity index (χ2n) is 6.61. The normalized spacial score (nSPS) is 22.4. The molecule has 1 atom stereocenters. The lowest BCUT2D eigenvalue weighted by molar-refractivity contribution is 0.135. The van der Waals surface area contributed by atoms with Crippen molar-refractivity contribution >= 4 is 0 Å². The summed E-state index contributed by atoms with van der Waals surface area (Å²) in [6.45, 7) is 5.90. The van der Waals surface area contributed by atoms with Crippen molar-refractivity contribution in [1.82, 2.24) is 20.4 Å². The summed E-state index contributed by atoms with van der Waals surface area (Å²) < 4.78 is 5.47. The first kappa shape index (κ1) is 14.8. The summed E-state index contributed by atoms with van der Waals surface area (Å²) in [6, 6.07) is 9.35. The Labute approximate surface area is 137 Å². The maximum atomic E-state index is 5.47. The largest absolute Gasteiger partial charge is 0.338 e. The number of aromatic nitrogens is 2. The minimum Gasteiger partial charge on any atom is -0.338 e. The third-order valence-corrected chi connectivity index (χ3v) is 4.89. The highest BCUT2D eigenvalue weighted by atomic mass is 16.5. The number of nitrogens with zero attached hydrogens (tertiary/aromatic N) is 3. The van der Waals surface area contributed by atoms with E-state index in [1.807, 2.05) is 0 Å². The van der Waals surface area contributed by atoms with Gasteiger partial charge < -0.3 is 9.84 Å². The van der Waals surface area contributed by atoms with Crippen molar-refractivity contribution < 1.29 is 4.52 Å². The Morgan fingerprint density at radius 1 is 1.26 bits per heavy atom. The van der Waals surface area contributed by atoms with Gasteiger partial charge in [0.2, 0.25) is 5.89 Å². The molecule has 1 unspecified atom stereocenters. The molecule has 2 aliphatic rings. The summed E-state index contributed by atoms with van der Waals surface area (Å²) in [5, 5.41) is 7.64. The van der Waals surface area contributed by atoms with Gasteiger partial charge >= 0.3 is 0 Å². The molecule has 1 aliphatic heterocycles. The molecule has 1 N–H and O–H groups in total. The third kappa shape index (κ3) is 3.31. The van der Waals surface area contributed by atoms with Crippen molar-refractivity contribution in [1.29, 1.82) is 0 Å². The molecule has 23 heavy (non-hydrogen) atoms. The first-order chi connectivity index (χ1) is 11.3. The van der Waals surface area contributed by atoms with Crippen LogP contribution in [0.2, 0.25) is 0 Å². The van der Waals surface area contributed by atoms with E-state index in [9.17, 15) is 0 Å². The van der Waals surface area contributed by atoms with Crippen LogP contribution in [-0.4, -0.2) is 34.7 Å². The predicted octanol–water partition coefficient (Wildman–Crippen LogP) is 2.66. The zero-order chi connectivity index (χ0) is 15.6. The van der Waals surface area contributed by atoms with E-state index in [0.29, 0.717) is 12.0 Å². The third-order valence-electron chi connectivity index (χ3n) is 4.89. The van der Waals surface area contributed by atoms with Gasteiger partial charge in [-0.05, 0) is 30.4 Å². The number of aryl methyl sites for hydroxylation is 1. The zero-order valence-corrected chi connectivity index (χ0v) is 13.7. The van der Waals surface area contributed by atoms with E-state index in [1.54, 1.807) is 0 Å². The highest BCUT2D eigenvalue weighted by molar-refractivity contribution is 5.26. The van der Waals surface area contributed by atoms with E-state index in [4.69, 9.17) is 4.52 Å². The molecule has 1 saturated heterocycles. The number of nitrogens with one attached hydrogen (secondary N) is 1.